The van der Waals surface area contributed by atoms with E-state index < -0.39 is 0 Å². The van der Waals surface area contributed by atoms with Crippen molar-refractivity contribution >= 4 is 22.3 Å². The molecule has 0 saturated heterocycles. The van der Waals surface area contributed by atoms with E-state index in [-0.39, 0.29) is 6.61 Å². The second-order valence-corrected chi connectivity index (χ2v) is 6.80. The zero-order chi connectivity index (χ0) is 21.9. The molecule has 156 valence electrons. The Morgan fingerprint density at radius 3 is 2.47 bits per heavy atom. The van der Waals surface area contributed by atoms with Crippen LogP contribution in [0.5, 0.6) is 0 Å². The summed E-state index contributed by atoms with van der Waals surface area (Å²) in [5.41, 5.74) is 4.72. The van der Waals surface area contributed by atoms with Gasteiger partial charge in [0.15, 0.2) is 5.82 Å². The number of hydrogen-bond acceptors (Lipinski definition) is 4. The number of anilines is 1. The average molecular weight is 402 g/mol. The molecule has 0 aliphatic carbocycles. The van der Waals surface area contributed by atoms with Crippen molar-refractivity contribution in [2.45, 2.75) is 33.8 Å². The van der Waals surface area contributed by atoms with Crippen LogP contribution in [0.25, 0.3) is 27.6 Å². The van der Waals surface area contributed by atoms with Crippen LogP contribution < -0.4 is 5.32 Å². The maximum absolute atomic E-state index is 9.38. The molecule has 4 nitrogen and oxygen atoms in total. The standard InChI is InChI=1S/C23H23N3O.C3H8/c1-4-6-9-17(5-2)22-25-21-12-11-19(14-20(21)23(24-3)26-22)18-10-7-8-16(13-18)15-27;1-3-2/h4-14,27H,2,15H2,1,3H3,(H,24,25,26);3H2,1-2H3/b6-4-,17-9+;. The van der Waals surface area contributed by atoms with Gasteiger partial charge in [-0.15, -0.1) is 0 Å². The van der Waals surface area contributed by atoms with Crippen molar-refractivity contribution in [1.82, 2.24) is 9.97 Å². The van der Waals surface area contributed by atoms with Crippen LogP contribution in [0.4, 0.5) is 5.82 Å². The number of nitrogens with one attached hydrogen (secondary N) is 1. The van der Waals surface area contributed by atoms with Crippen LogP contribution in [-0.2, 0) is 6.61 Å². The first-order valence-electron chi connectivity index (χ1n) is 10.3. The van der Waals surface area contributed by atoms with Crippen LogP contribution in [0.3, 0.4) is 0 Å². The number of aliphatic hydroxyl groups is 1. The summed E-state index contributed by atoms with van der Waals surface area (Å²) in [6.45, 7) is 10.1. The molecule has 0 saturated carbocycles. The fourth-order valence-electron chi connectivity index (χ4n) is 2.91. The maximum atomic E-state index is 9.38. The lowest BCUT2D eigenvalue weighted by molar-refractivity contribution is 0.282. The van der Waals surface area contributed by atoms with Gasteiger partial charge in [0, 0.05) is 18.0 Å². The van der Waals surface area contributed by atoms with Crippen molar-refractivity contribution in [2.24, 2.45) is 0 Å². The highest BCUT2D eigenvalue weighted by Crippen LogP contribution is 2.29. The van der Waals surface area contributed by atoms with Crippen LogP contribution in [0.15, 0.2) is 73.3 Å². The Balaban J connectivity index is 0.00000101. The van der Waals surface area contributed by atoms with Gasteiger partial charge >= 0.3 is 0 Å². The van der Waals surface area contributed by atoms with Gasteiger partial charge in [0.2, 0.25) is 0 Å². The van der Waals surface area contributed by atoms with E-state index in [9.17, 15) is 5.11 Å². The van der Waals surface area contributed by atoms with Crippen molar-refractivity contribution in [1.29, 1.82) is 0 Å². The summed E-state index contributed by atoms with van der Waals surface area (Å²) in [5, 5.41) is 13.5. The molecule has 4 heteroatoms. The molecule has 0 spiro atoms. The van der Waals surface area contributed by atoms with Crippen LogP contribution in [0.1, 0.15) is 38.6 Å². The van der Waals surface area contributed by atoms with Gasteiger partial charge in [-0.1, -0.05) is 75.4 Å². The van der Waals surface area contributed by atoms with Gasteiger partial charge < -0.3 is 10.4 Å². The summed E-state index contributed by atoms with van der Waals surface area (Å²) >= 11 is 0. The van der Waals surface area contributed by atoms with Gasteiger partial charge in [-0.05, 0) is 41.8 Å². The van der Waals surface area contributed by atoms with E-state index in [0.717, 1.165) is 39.0 Å². The van der Waals surface area contributed by atoms with Crippen molar-refractivity contribution in [3.8, 4) is 11.1 Å². The van der Waals surface area contributed by atoms with E-state index in [2.05, 4.69) is 36.8 Å². The summed E-state index contributed by atoms with van der Waals surface area (Å²) in [6.07, 6.45) is 8.86. The van der Waals surface area contributed by atoms with E-state index in [4.69, 9.17) is 4.98 Å². The third-order valence-corrected chi connectivity index (χ3v) is 4.32. The molecule has 3 rings (SSSR count). The van der Waals surface area contributed by atoms with Gasteiger partial charge in [-0.25, -0.2) is 9.97 Å². The molecule has 0 amide bonds. The van der Waals surface area contributed by atoms with E-state index in [0.29, 0.717) is 5.82 Å². The van der Waals surface area contributed by atoms with Crippen molar-refractivity contribution in [3.63, 3.8) is 0 Å². The van der Waals surface area contributed by atoms with E-state index in [1.54, 1.807) is 6.08 Å². The zero-order valence-electron chi connectivity index (χ0n) is 18.3. The monoisotopic (exact) mass is 401 g/mol. The lowest BCUT2D eigenvalue weighted by atomic mass is 10.0. The predicted molar refractivity (Wildman–Crippen MR) is 129 cm³/mol. The number of hydrogen-bond donors (Lipinski definition) is 2. The molecule has 0 fully saturated rings. The molecule has 2 aromatic carbocycles. The van der Waals surface area contributed by atoms with Gasteiger partial charge in [0.05, 0.1) is 12.1 Å². The third-order valence-electron chi connectivity index (χ3n) is 4.32. The molecular weight excluding hydrogens is 370 g/mol. The van der Waals surface area contributed by atoms with Gasteiger partial charge in [0.1, 0.15) is 5.82 Å². The summed E-state index contributed by atoms with van der Waals surface area (Å²) in [7, 11) is 1.86. The number of fused-ring (bicyclic) bond motifs is 1. The van der Waals surface area contributed by atoms with Gasteiger partial charge in [0.25, 0.3) is 0 Å². The van der Waals surface area contributed by atoms with E-state index in [1.165, 1.54) is 6.42 Å². The first-order valence-corrected chi connectivity index (χ1v) is 10.3. The summed E-state index contributed by atoms with van der Waals surface area (Å²) in [6, 6.07) is 14.0. The van der Waals surface area contributed by atoms with Crippen LogP contribution in [-0.4, -0.2) is 22.1 Å². The smallest absolute Gasteiger partial charge is 0.162 e. The summed E-state index contributed by atoms with van der Waals surface area (Å²) in [5.74, 6) is 1.40. The zero-order valence-corrected chi connectivity index (χ0v) is 18.3. The highest BCUT2D eigenvalue weighted by atomic mass is 16.3. The van der Waals surface area contributed by atoms with Crippen LogP contribution >= 0.6 is 0 Å². The van der Waals surface area contributed by atoms with Gasteiger partial charge in [-0.3, -0.25) is 0 Å². The molecule has 3 aromatic rings. The Morgan fingerprint density at radius 2 is 1.83 bits per heavy atom. The minimum absolute atomic E-state index is 0.0263. The molecule has 0 aliphatic rings. The molecule has 0 atom stereocenters. The molecule has 0 bridgehead atoms. The Morgan fingerprint density at radius 1 is 1.10 bits per heavy atom. The average Bonchev–Trinajstić information content (AvgIpc) is 2.79. The van der Waals surface area contributed by atoms with E-state index >= 15 is 0 Å². The molecule has 0 aliphatic heterocycles. The number of nitrogens with zero attached hydrogens (tertiary/aromatic N) is 2. The highest BCUT2D eigenvalue weighted by molar-refractivity contribution is 5.94. The second-order valence-electron chi connectivity index (χ2n) is 6.80. The van der Waals surface area contributed by atoms with Crippen molar-refractivity contribution in [3.05, 3.63) is 84.7 Å². The largest absolute Gasteiger partial charge is 0.392 e. The minimum Gasteiger partial charge on any atom is -0.392 e. The quantitative estimate of drug-likeness (QED) is 0.470. The van der Waals surface area contributed by atoms with Crippen molar-refractivity contribution < 1.29 is 5.11 Å². The Hall–Kier alpha value is -3.24. The van der Waals surface area contributed by atoms with E-state index in [1.807, 2.05) is 68.6 Å². The third kappa shape index (κ3) is 5.65. The predicted octanol–water partition coefficient (Wildman–Crippen LogP) is 6.39. The highest BCUT2D eigenvalue weighted by Gasteiger charge is 2.10. The fraction of sp³-hybridized carbons (Fsp3) is 0.231. The first-order chi connectivity index (χ1) is 14.6. The summed E-state index contributed by atoms with van der Waals surface area (Å²) < 4.78 is 0. The molecule has 0 radical (unpaired) electrons. The second kappa shape index (κ2) is 11.7. The Labute approximate surface area is 179 Å². The molecule has 30 heavy (non-hydrogen) atoms. The lowest BCUT2D eigenvalue weighted by Gasteiger charge is -2.11. The normalized spacial score (nSPS) is 11.3. The molecular formula is C26H31N3O. The molecule has 2 N–H and O–H groups in total. The molecule has 1 heterocycles. The number of benzene rings is 2. The Kier molecular flexibility index (Phi) is 8.98. The summed E-state index contributed by atoms with van der Waals surface area (Å²) in [4.78, 5) is 9.39. The minimum atomic E-state index is 0.0263. The van der Waals surface area contributed by atoms with Crippen LogP contribution in [0, 0.1) is 0 Å². The van der Waals surface area contributed by atoms with Crippen molar-refractivity contribution in [2.75, 3.05) is 12.4 Å². The SMILES string of the molecule is C=C/C(=C\C=C/C)c1nc(NC)c2cc(-c3cccc(CO)c3)ccc2n1.CCC. The van der Waals surface area contributed by atoms with Crippen LogP contribution in [0.2, 0.25) is 0 Å². The number of rotatable bonds is 6. The molecule has 0 unspecified atom stereocenters. The number of allylic oxidation sites excluding steroid dienone is 5. The number of aliphatic hydroxyl groups excluding tert-OH is 1. The first kappa shape index (κ1) is 23.0. The number of aromatic nitrogens is 2. The lowest BCUT2D eigenvalue weighted by Crippen LogP contribution is -2.01. The fourth-order valence-corrected chi connectivity index (χ4v) is 2.91. The van der Waals surface area contributed by atoms with Gasteiger partial charge in [-0.2, -0.15) is 0 Å². The topological polar surface area (TPSA) is 58.0 Å². The maximum Gasteiger partial charge on any atom is 0.162 e. The Bertz CT molecular complexity index is 1050. The molecule has 1 aromatic heterocycles.